The third-order valence-corrected chi connectivity index (χ3v) is 3.19. The van der Waals surface area contributed by atoms with Crippen molar-refractivity contribution < 1.29 is 0 Å². The molecule has 1 heterocycles. The largest absolute Gasteiger partial charge is 0.344 e. The second kappa shape index (κ2) is 3.69. The molecule has 80 valence electrons. The van der Waals surface area contributed by atoms with Gasteiger partial charge in [-0.25, -0.2) is 0 Å². The minimum absolute atomic E-state index is 0.0805. The van der Waals surface area contributed by atoms with Gasteiger partial charge in [0.1, 0.15) is 5.84 Å². The number of amidine groups is 1. The number of hydrogen-bond acceptors (Lipinski definition) is 2. The van der Waals surface area contributed by atoms with Crippen molar-refractivity contribution in [1.82, 2.24) is 0 Å². The normalized spacial score (nSPS) is 23.7. The van der Waals surface area contributed by atoms with Crippen LogP contribution in [-0.2, 0) is 0 Å². The van der Waals surface area contributed by atoms with Gasteiger partial charge in [0.25, 0.3) is 0 Å². The average Bonchev–Trinajstić information content (AvgIpc) is 2.42. The zero-order valence-electron chi connectivity index (χ0n) is 9.62. The van der Waals surface area contributed by atoms with Crippen LogP contribution in [0.1, 0.15) is 27.2 Å². The molecule has 1 aromatic carbocycles. The van der Waals surface area contributed by atoms with E-state index >= 15 is 0 Å². The van der Waals surface area contributed by atoms with Crippen LogP contribution in [0.15, 0.2) is 35.3 Å². The van der Waals surface area contributed by atoms with Gasteiger partial charge in [-0.05, 0) is 31.9 Å². The molecule has 0 fully saturated rings. The van der Waals surface area contributed by atoms with Gasteiger partial charge in [-0.1, -0.05) is 25.1 Å². The SMILES string of the molecule is C[C@@H]1CC(Nc2ccccc2)=NC1(C)C. The molecular formula is C13H18N2. The summed E-state index contributed by atoms with van der Waals surface area (Å²) in [5.41, 5.74) is 1.21. The maximum atomic E-state index is 4.70. The molecule has 0 saturated heterocycles. The Morgan fingerprint density at radius 1 is 1.27 bits per heavy atom. The number of benzene rings is 1. The molecule has 2 heteroatoms. The fraction of sp³-hybridized carbons (Fsp3) is 0.462. The van der Waals surface area contributed by atoms with Crippen molar-refractivity contribution in [3.05, 3.63) is 30.3 Å². The lowest BCUT2D eigenvalue weighted by molar-refractivity contribution is 0.388. The zero-order valence-corrected chi connectivity index (χ0v) is 9.62. The molecule has 1 N–H and O–H groups in total. The van der Waals surface area contributed by atoms with Gasteiger partial charge in [-0.3, -0.25) is 4.99 Å². The van der Waals surface area contributed by atoms with Gasteiger partial charge >= 0.3 is 0 Å². The second-order valence-corrected chi connectivity index (χ2v) is 4.81. The predicted octanol–water partition coefficient (Wildman–Crippen LogP) is 3.32. The summed E-state index contributed by atoms with van der Waals surface area (Å²) in [6.45, 7) is 6.64. The van der Waals surface area contributed by atoms with E-state index in [1.54, 1.807) is 0 Å². The van der Waals surface area contributed by atoms with Crippen LogP contribution in [-0.4, -0.2) is 11.4 Å². The molecule has 0 unspecified atom stereocenters. The summed E-state index contributed by atoms with van der Waals surface area (Å²) >= 11 is 0. The van der Waals surface area contributed by atoms with Crippen LogP contribution < -0.4 is 5.32 Å². The molecule has 0 spiro atoms. The van der Waals surface area contributed by atoms with E-state index < -0.39 is 0 Å². The van der Waals surface area contributed by atoms with Crippen molar-refractivity contribution >= 4 is 11.5 Å². The first-order valence-corrected chi connectivity index (χ1v) is 5.49. The Balaban J connectivity index is 2.10. The summed E-state index contributed by atoms with van der Waals surface area (Å²) in [6, 6.07) is 10.2. The van der Waals surface area contributed by atoms with Crippen molar-refractivity contribution in [3.63, 3.8) is 0 Å². The van der Waals surface area contributed by atoms with Gasteiger partial charge in [0.05, 0.1) is 5.54 Å². The standard InChI is InChI=1S/C13H18N2/c1-10-9-12(15-13(10,2)3)14-11-7-5-4-6-8-11/h4-8,10H,9H2,1-3H3,(H,14,15)/t10-/m1/s1. The van der Waals surface area contributed by atoms with Crippen LogP contribution in [0.4, 0.5) is 5.69 Å². The fourth-order valence-electron chi connectivity index (χ4n) is 1.81. The average molecular weight is 202 g/mol. The molecule has 0 aliphatic carbocycles. The number of hydrogen-bond donors (Lipinski definition) is 1. The molecule has 1 aromatic rings. The highest BCUT2D eigenvalue weighted by molar-refractivity contribution is 5.97. The molecule has 2 nitrogen and oxygen atoms in total. The molecule has 0 amide bonds. The molecule has 2 rings (SSSR count). The van der Waals surface area contributed by atoms with E-state index in [-0.39, 0.29) is 5.54 Å². The first-order chi connectivity index (χ1) is 7.08. The summed E-state index contributed by atoms with van der Waals surface area (Å²) in [5, 5.41) is 3.38. The topological polar surface area (TPSA) is 24.4 Å². The molecule has 0 radical (unpaired) electrons. The third-order valence-electron chi connectivity index (χ3n) is 3.19. The summed E-state index contributed by atoms with van der Waals surface area (Å²) in [4.78, 5) is 4.70. The van der Waals surface area contributed by atoms with E-state index in [2.05, 4.69) is 38.2 Å². The van der Waals surface area contributed by atoms with Gasteiger partial charge in [-0.2, -0.15) is 0 Å². The lowest BCUT2D eigenvalue weighted by atomic mass is 9.90. The van der Waals surface area contributed by atoms with Crippen molar-refractivity contribution in [3.8, 4) is 0 Å². The van der Waals surface area contributed by atoms with E-state index in [0.717, 1.165) is 17.9 Å². The van der Waals surface area contributed by atoms with E-state index in [1.807, 2.05) is 18.2 Å². The number of rotatable bonds is 1. The first-order valence-electron chi connectivity index (χ1n) is 5.49. The molecule has 1 aliphatic rings. The van der Waals surface area contributed by atoms with Crippen LogP contribution in [0.5, 0.6) is 0 Å². The summed E-state index contributed by atoms with van der Waals surface area (Å²) in [5.74, 6) is 1.72. The van der Waals surface area contributed by atoms with Crippen molar-refractivity contribution in [2.24, 2.45) is 10.9 Å². The molecule has 0 aromatic heterocycles. The Kier molecular flexibility index (Phi) is 2.51. The quantitative estimate of drug-likeness (QED) is 0.742. The molecule has 0 bridgehead atoms. The van der Waals surface area contributed by atoms with Gasteiger partial charge in [-0.15, -0.1) is 0 Å². The summed E-state index contributed by atoms with van der Waals surface area (Å²) in [7, 11) is 0. The van der Waals surface area contributed by atoms with Crippen molar-refractivity contribution in [1.29, 1.82) is 0 Å². The number of nitrogens with zero attached hydrogens (tertiary/aromatic N) is 1. The third kappa shape index (κ3) is 2.20. The van der Waals surface area contributed by atoms with E-state index in [9.17, 15) is 0 Å². The molecule has 1 aliphatic heterocycles. The number of nitrogens with one attached hydrogen (secondary N) is 1. The highest BCUT2D eigenvalue weighted by Crippen LogP contribution is 2.31. The Morgan fingerprint density at radius 3 is 2.47 bits per heavy atom. The fourth-order valence-corrected chi connectivity index (χ4v) is 1.81. The Bertz CT molecular complexity index is 365. The van der Waals surface area contributed by atoms with Crippen LogP contribution >= 0.6 is 0 Å². The van der Waals surface area contributed by atoms with Gasteiger partial charge in [0.2, 0.25) is 0 Å². The van der Waals surface area contributed by atoms with Gasteiger partial charge in [0.15, 0.2) is 0 Å². The second-order valence-electron chi connectivity index (χ2n) is 4.81. The Hall–Kier alpha value is -1.31. The van der Waals surface area contributed by atoms with Crippen LogP contribution in [0.25, 0.3) is 0 Å². The maximum Gasteiger partial charge on any atom is 0.102 e. The number of aliphatic imine (C=N–C) groups is 1. The van der Waals surface area contributed by atoms with E-state index in [0.29, 0.717) is 5.92 Å². The monoisotopic (exact) mass is 202 g/mol. The highest BCUT2D eigenvalue weighted by Gasteiger charge is 2.32. The maximum absolute atomic E-state index is 4.70. The molecule has 1 atom stereocenters. The summed E-state index contributed by atoms with van der Waals surface area (Å²) < 4.78 is 0. The number of anilines is 1. The first kappa shape index (κ1) is 10.2. The lowest BCUT2D eigenvalue weighted by Crippen LogP contribution is -2.21. The molecular weight excluding hydrogens is 184 g/mol. The lowest BCUT2D eigenvalue weighted by Gasteiger charge is -2.19. The van der Waals surface area contributed by atoms with Crippen LogP contribution in [0.3, 0.4) is 0 Å². The van der Waals surface area contributed by atoms with Crippen molar-refractivity contribution in [2.45, 2.75) is 32.7 Å². The zero-order chi connectivity index (χ0) is 10.9. The van der Waals surface area contributed by atoms with Gasteiger partial charge < -0.3 is 5.32 Å². The van der Waals surface area contributed by atoms with Crippen molar-refractivity contribution in [2.75, 3.05) is 5.32 Å². The van der Waals surface area contributed by atoms with Crippen LogP contribution in [0.2, 0.25) is 0 Å². The summed E-state index contributed by atoms with van der Waals surface area (Å²) in [6.07, 6.45) is 1.04. The van der Waals surface area contributed by atoms with Gasteiger partial charge in [0, 0.05) is 12.1 Å². The predicted molar refractivity (Wildman–Crippen MR) is 65.4 cm³/mol. The Morgan fingerprint density at radius 2 is 1.93 bits per heavy atom. The molecule has 0 saturated carbocycles. The highest BCUT2D eigenvalue weighted by atomic mass is 15.1. The van der Waals surface area contributed by atoms with E-state index in [1.165, 1.54) is 0 Å². The van der Waals surface area contributed by atoms with Crippen LogP contribution in [0, 0.1) is 5.92 Å². The Labute approximate surface area is 91.4 Å². The molecule has 15 heavy (non-hydrogen) atoms. The number of para-hydroxylation sites is 1. The van der Waals surface area contributed by atoms with E-state index in [4.69, 9.17) is 4.99 Å². The minimum atomic E-state index is 0.0805. The smallest absolute Gasteiger partial charge is 0.102 e. The minimum Gasteiger partial charge on any atom is -0.344 e.